The number of aryl methyl sites for hydroxylation is 2. The van der Waals surface area contributed by atoms with Crippen LogP contribution in [0.3, 0.4) is 0 Å². The van der Waals surface area contributed by atoms with Crippen molar-refractivity contribution in [2.24, 2.45) is 5.73 Å². The minimum Gasteiger partial charge on any atom is -0.496 e. The van der Waals surface area contributed by atoms with Gasteiger partial charge in [-0.15, -0.1) is 0 Å². The lowest BCUT2D eigenvalue weighted by Gasteiger charge is -2.43. The third-order valence-electron chi connectivity index (χ3n) is 9.82. The third-order valence-corrected chi connectivity index (χ3v) is 9.82. The van der Waals surface area contributed by atoms with E-state index in [0.29, 0.717) is 43.1 Å². The first kappa shape index (κ1) is 39.3. The van der Waals surface area contributed by atoms with E-state index >= 15 is 0 Å². The number of alkyl halides is 5. The molecule has 7 nitrogen and oxygen atoms in total. The highest BCUT2D eigenvalue weighted by Crippen LogP contribution is 2.45. The summed E-state index contributed by atoms with van der Waals surface area (Å²) in [6.45, 7) is 6.49. The van der Waals surface area contributed by atoms with Gasteiger partial charge in [-0.25, -0.2) is 13.2 Å². The van der Waals surface area contributed by atoms with E-state index < -0.39 is 29.9 Å². The van der Waals surface area contributed by atoms with Crippen molar-refractivity contribution in [2.45, 2.75) is 63.7 Å². The van der Waals surface area contributed by atoms with Crippen LogP contribution < -0.4 is 20.1 Å². The molecule has 2 aliphatic heterocycles. The van der Waals surface area contributed by atoms with Crippen LogP contribution in [0.1, 0.15) is 47.9 Å². The Balaban J connectivity index is 0.000000241. The van der Waals surface area contributed by atoms with Gasteiger partial charge in [0.05, 0.1) is 19.8 Å². The number of carboxylic acids is 1. The number of hydrogen-bond acceptors (Lipinski definition) is 6. The van der Waals surface area contributed by atoms with Gasteiger partial charge in [0.25, 0.3) is 5.92 Å². The van der Waals surface area contributed by atoms with E-state index in [1.807, 2.05) is 53.4 Å². The van der Waals surface area contributed by atoms with Crippen LogP contribution >= 0.6 is 0 Å². The summed E-state index contributed by atoms with van der Waals surface area (Å²) in [5, 5.41) is 11.1. The van der Waals surface area contributed by atoms with Gasteiger partial charge in [0.2, 0.25) is 0 Å². The van der Waals surface area contributed by atoms with Gasteiger partial charge >= 0.3 is 12.1 Å². The zero-order valence-electron chi connectivity index (χ0n) is 29.8. The molecule has 4 aromatic carbocycles. The van der Waals surface area contributed by atoms with Crippen molar-refractivity contribution in [3.63, 3.8) is 0 Å². The predicted molar refractivity (Wildman–Crippen MR) is 194 cm³/mol. The van der Waals surface area contributed by atoms with Gasteiger partial charge in [0.15, 0.2) is 0 Å². The van der Waals surface area contributed by atoms with Crippen LogP contribution in [0.25, 0.3) is 27.6 Å². The number of benzene rings is 4. The first-order valence-corrected chi connectivity index (χ1v) is 17.2. The molecule has 2 fully saturated rings. The minimum absolute atomic E-state index is 0.0372. The van der Waals surface area contributed by atoms with E-state index in [9.17, 15) is 31.1 Å². The molecule has 4 aromatic rings. The highest BCUT2D eigenvalue weighted by Gasteiger charge is 2.49. The molecule has 0 radical (unpaired) electrons. The Kier molecular flexibility index (Phi) is 11.9. The zero-order valence-corrected chi connectivity index (χ0v) is 29.8. The van der Waals surface area contributed by atoms with E-state index in [2.05, 4.69) is 6.58 Å². The Bertz CT molecular complexity index is 1950. The van der Waals surface area contributed by atoms with Crippen molar-refractivity contribution in [3.8, 4) is 22.6 Å². The second-order valence-electron chi connectivity index (χ2n) is 13.4. The Morgan fingerprint density at radius 1 is 0.981 bits per heavy atom. The molecule has 2 saturated heterocycles. The van der Waals surface area contributed by atoms with E-state index in [1.165, 1.54) is 6.07 Å². The zero-order chi connectivity index (χ0) is 38.7. The number of halogens is 6. The molecule has 0 bridgehead atoms. The fourth-order valence-corrected chi connectivity index (χ4v) is 7.06. The van der Waals surface area contributed by atoms with Crippen molar-refractivity contribution in [1.82, 2.24) is 4.90 Å². The number of aliphatic carboxylic acids is 1. The predicted octanol–water partition coefficient (Wildman–Crippen LogP) is 8.98. The SMILES string of the molecule is C=C(N)c1c(C)cc(N2CCC2C(F)(F)F)cc1F.COc1ccc(CN2CCC(F)(F)CC2)c(OC)c1-c1cccc2c(CCC(=O)O)cccc12. The van der Waals surface area contributed by atoms with Crippen LogP contribution in [-0.4, -0.2) is 68.0 Å². The number of carbonyl (C=O) groups is 1. The number of piperidine rings is 1. The molecular weight excluding hydrogens is 700 g/mol. The molecule has 0 saturated carbocycles. The molecule has 13 heteroatoms. The average Bonchev–Trinajstić information content (AvgIpc) is 3.06. The van der Waals surface area contributed by atoms with Crippen LogP contribution in [0.2, 0.25) is 0 Å². The average molecular weight is 744 g/mol. The Morgan fingerprint density at radius 3 is 2.23 bits per heavy atom. The van der Waals surface area contributed by atoms with Crippen molar-refractivity contribution < 1.29 is 45.7 Å². The summed E-state index contributed by atoms with van der Waals surface area (Å²) in [6, 6.07) is 16.7. The fourth-order valence-electron chi connectivity index (χ4n) is 7.06. The highest BCUT2D eigenvalue weighted by molar-refractivity contribution is 6.01. The van der Waals surface area contributed by atoms with Crippen LogP contribution in [0.5, 0.6) is 11.5 Å². The fraction of sp³-hybridized carbons (Fsp3) is 0.375. The molecule has 0 aliphatic carbocycles. The number of nitrogens with zero attached hydrogens (tertiary/aromatic N) is 2. The molecule has 53 heavy (non-hydrogen) atoms. The van der Waals surface area contributed by atoms with Gasteiger partial charge < -0.3 is 25.2 Å². The van der Waals surface area contributed by atoms with E-state index in [-0.39, 0.29) is 49.2 Å². The van der Waals surface area contributed by atoms with Gasteiger partial charge in [-0.3, -0.25) is 9.69 Å². The number of likely N-dealkylation sites (tertiary alicyclic amines) is 1. The minimum atomic E-state index is -4.29. The molecule has 0 spiro atoms. The van der Waals surface area contributed by atoms with Gasteiger partial charge in [-0.05, 0) is 65.4 Å². The normalized spacial score (nSPS) is 17.1. The number of fused-ring (bicyclic) bond motifs is 1. The molecule has 3 N–H and O–H groups in total. The second-order valence-corrected chi connectivity index (χ2v) is 13.4. The summed E-state index contributed by atoms with van der Waals surface area (Å²) in [5.41, 5.74) is 9.97. The third kappa shape index (κ3) is 8.84. The topological polar surface area (TPSA) is 88.3 Å². The summed E-state index contributed by atoms with van der Waals surface area (Å²) < 4.78 is 90.7. The summed E-state index contributed by atoms with van der Waals surface area (Å²) in [5.74, 6) is -2.77. The van der Waals surface area contributed by atoms with Crippen LogP contribution in [0.4, 0.5) is 32.0 Å². The first-order valence-electron chi connectivity index (χ1n) is 17.2. The van der Waals surface area contributed by atoms with Crippen molar-refractivity contribution in [1.29, 1.82) is 0 Å². The van der Waals surface area contributed by atoms with E-state index in [0.717, 1.165) is 44.0 Å². The number of nitrogens with two attached hydrogens (primary N) is 1. The lowest BCUT2D eigenvalue weighted by molar-refractivity contribution is -0.159. The standard InChI is InChI=1S/C27H29F2NO4.C13H14F4N2/c1-33-23-11-9-19(17-30-15-13-27(28,29)14-16-30)26(34-2)25(23)22-8-4-6-20-18(10-12-24(31)32)5-3-7-21(20)22;1-7-5-9(6-10(14)12(7)8(2)18)19-4-3-11(19)13(15,16)17/h3-9,11H,10,12-17H2,1-2H3,(H,31,32);5-6,11H,2-4,18H2,1H3. The maximum atomic E-state index is 13.9. The summed E-state index contributed by atoms with van der Waals surface area (Å²) >= 11 is 0. The number of anilines is 1. The maximum absolute atomic E-state index is 13.9. The lowest BCUT2D eigenvalue weighted by atomic mass is 9.92. The van der Waals surface area contributed by atoms with Crippen molar-refractivity contribution in [3.05, 3.63) is 95.3 Å². The van der Waals surface area contributed by atoms with Gasteiger partial charge in [-0.1, -0.05) is 49.0 Å². The maximum Gasteiger partial charge on any atom is 0.408 e. The van der Waals surface area contributed by atoms with Crippen LogP contribution in [0.15, 0.2) is 67.2 Å². The quantitative estimate of drug-likeness (QED) is 0.157. The number of methoxy groups -OCH3 is 2. The molecule has 2 aliphatic rings. The Hall–Kier alpha value is -4.91. The number of ether oxygens (including phenoxy) is 2. The summed E-state index contributed by atoms with van der Waals surface area (Å²) in [4.78, 5) is 14.3. The molecule has 2 heterocycles. The summed E-state index contributed by atoms with van der Waals surface area (Å²) in [7, 11) is 3.21. The van der Waals surface area contributed by atoms with E-state index in [4.69, 9.17) is 20.3 Å². The highest BCUT2D eigenvalue weighted by atomic mass is 19.4. The van der Waals surface area contributed by atoms with Crippen molar-refractivity contribution in [2.75, 3.05) is 38.8 Å². The van der Waals surface area contributed by atoms with Crippen molar-refractivity contribution >= 4 is 28.1 Å². The Labute approximate surface area is 304 Å². The molecule has 6 rings (SSSR count). The van der Waals surface area contributed by atoms with Crippen LogP contribution in [0, 0.1) is 12.7 Å². The van der Waals surface area contributed by atoms with Gasteiger partial charge in [0, 0.05) is 68.0 Å². The second kappa shape index (κ2) is 16.0. The molecule has 0 aromatic heterocycles. The first-order chi connectivity index (χ1) is 25.0. The molecule has 1 atom stereocenters. The number of carboxylic acid groups (broad SMARTS) is 1. The molecular formula is C40H43F6N3O4. The lowest BCUT2D eigenvalue weighted by Crippen LogP contribution is -2.56. The number of rotatable bonds is 10. The molecule has 0 amide bonds. The van der Waals surface area contributed by atoms with Crippen LogP contribution in [-0.2, 0) is 17.8 Å². The van der Waals surface area contributed by atoms with E-state index in [1.54, 1.807) is 21.1 Å². The largest absolute Gasteiger partial charge is 0.496 e. The number of hydrogen-bond donors (Lipinski definition) is 2. The Morgan fingerprint density at radius 2 is 1.66 bits per heavy atom. The van der Waals surface area contributed by atoms with Gasteiger partial charge in [-0.2, -0.15) is 13.2 Å². The summed E-state index contributed by atoms with van der Waals surface area (Å²) in [6.07, 6.45) is -4.04. The molecule has 1 unspecified atom stereocenters. The smallest absolute Gasteiger partial charge is 0.408 e. The monoisotopic (exact) mass is 743 g/mol. The molecule has 284 valence electrons. The van der Waals surface area contributed by atoms with Gasteiger partial charge in [0.1, 0.15) is 23.4 Å².